The summed E-state index contributed by atoms with van der Waals surface area (Å²) >= 11 is 3.08. The second-order valence-electron chi connectivity index (χ2n) is 5.93. The Morgan fingerprint density at radius 2 is 1.87 bits per heavy atom. The maximum Gasteiger partial charge on any atom is 0.408 e. The van der Waals surface area contributed by atoms with Gasteiger partial charge in [0.05, 0.1) is 16.3 Å². The number of carbonyl (C=O) groups is 2. The molecule has 8 heteroatoms. The molecule has 0 saturated carbocycles. The fraction of sp³-hybridized carbons (Fsp3) is 0.467. The smallest absolute Gasteiger partial charge is 0.408 e. The molecule has 0 unspecified atom stereocenters. The van der Waals surface area contributed by atoms with Gasteiger partial charge in [-0.15, -0.1) is 0 Å². The number of ether oxygens (including phenoxy) is 1. The zero-order chi connectivity index (χ0) is 17.6. The predicted molar refractivity (Wildman–Crippen MR) is 88.8 cm³/mol. The Kier molecular flexibility index (Phi) is 6.68. The lowest BCUT2D eigenvalue weighted by Crippen LogP contribution is -2.45. The van der Waals surface area contributed by atoms with Crippen molar-refractivity contribution < 1.29 is 19.2 Å². The van der Waals surface area contributed by atoms with E-state index in [1.54, 1.807) is 32.9 Å². The van der Waals surface area contributed by atoms with Gasteiger partial charge in [0.2, 0.25) is 0 Å². The Morgan fingerprint density at radius 3 is 2.30 bits per heavy atom. The Bertz CT molecular complexity index is 581. The van der Waals surface area contributed by atoms with Gasteiger partial charge in [0.25, 0.3) is 5.69 Å². The first-order valence-corrected chi connectivity index (χ1v) is 8.06. The highest BCUT2D eigenvalue weighted by Gasteiger charge is 2.24. The molecular weight excluding hydrogens is 368 g/mol. The van der Waals surface area contributed by atoms with Gasteiger partial charge in [-0.1, -0.05) is 28.1 Å². The highest BCUT2D eigenvalue weighted by molar-refractivity contribution is 9.09. The fourth-order valence-corrected chi connectivity index (χ4v) is 2.17. The number of nitrogens with one attached hydrogen (secondary N) is 1. The Hall–Kier alpha value is -1.96. The van der Waals surface area contributed by atoms with Gasteiger partial charge in [-0.25, -0.2) is 4.79 Å². The maximum atomic E-state index is 12.0. The Balaban J connectivity index is 2.80. The number of carbonyl (C=O) groups excluding carboxylic acids is 2. The number of amides is 1. The summed E-state index contributed by atoms with van der Waals surface area (Å²) in [6.45, 7) is 5.18. The van der Waals surface area contributed by atoms with Crippen LogP contribution in [0, 0.1) is 10.1 Å². The van der Waals surface area contributed by atoms with Crippen LogP contribution >= 0.6 is 15.9 Å². The molecule has 0 radical (unpaired) electrons. The van der Waals surface area contributed by atoms with Crippen molar-refractivity contribution in [3.8, 4) is 0 Å². The van der Waals surface area contributed by atoms with E-state index in [0.29, 0.717) is 5.56 Å². The predicted octanol–water partition coefficient (Wildman–Crippen LogP) is 2.99. The van der Waals surface area contributed by atoms with Gasteiger partial charge in [-0.05, 0) is 32.8 Å². The van der Waals surface area contributed by atoms with Crippen LogP contribution in [0.4, 0.5) is 10.5 Å². The van der Waals surface area contributed by atoms with E-state index in [0.717, 1.165) is 0 Å². The molecule has 1 amide bonds. The number of rotatable bonds is 6. The molecule has 0 saturated heterocycles. The molecule has 23 heavy (non-hydrogen) atoms. The zero-order valence-electron chi connectivity index (χ0n) is 13.2. The molecule has 0 heterocycles. The van der Waals surface area contributed by atoms with Crippen LogP contribution < -0.4 is 5.32 Å². The number of halogens is 1. The molecule has 0 spiro atoms. The minimum Gasteiger partial charge on any atom is -0.444 e. The molecule has 1 N–H and O–H groups in total. The standard InChI is InChI=1S/C15H19BrN2O5/c1-15(2,3)23-14(20)17-12(13(19)9-16)8-10-4-6-11(7-5-10)18(21)22/h4-7,12H,8-9H2,1-3H3,(H,17,20)/t12-/m1/s1. The van der Waals surface area contributed by atoms with E-state index in [-0.39, 0.29) is 23.2 Å². The summed E-state index contributed by atoms with van der Waals surface area (Å²) in [5.41, 5.74) is 0.00239. The molecule has 0 aromatic heterocycles. The minimum atomic E-state index is -0.773. The molecule has 1 atom stereocenters. The highest BCUT2D eigenvalue weighted by atomic mass is 79.9. The molecule has 0 bridgehead atoms. The van der Waals surface area contributed by atoms with Crippen LogP contribution in [-0.4, -0.2) is 33.8 Å². The van der Waals surface area contributed by atoms with Gasteiger partial charge in [0.1, 0.15) is 5.60 Å². The average Bonchev–Trinajstić information content (AvgIpc) is 2.44. The fourth-order valence-electron chi connectivity index (χ4n) is 1.78. The number of hydrogen-bond donors (Lipinski definition) is 1. The van der Waals surface area contributed by atoms with Crippen LogP contribution in [0.15, 0.2) is 24.3 Å². The van der Waals surface area contributed by atoms with E-state index >= 15 is 0 Å². The number of ketones is 1. The van der Waals surface area contributed by atoms with E-state index < -0.39 is 22.7 Å². The first-order valence-electron chi connectivity index (χ1n) is 6.94. The lowest BCUT2D eigenvalue weighted by Gasteiger charge is -2.23. The summed E-state index contributed by atoms with van der Waals surface area (Å²) in [5, 5.41) is 13.3. The monoisotopic (exact) mass is 386 g/mol. The SMILES string of the molecule is CC(C)(C)OC(=O)N[C@H](Cc1ccc([N+](=O)[O-])cc1)C(=O)CBr. The first kappa shape index (κ1) is 19.1. The van der Waals surface area contributed by atoms with Crippen molar-refractivity contribution in [1.82, 2.24) is 5.32 Å². The van der Waals surface area contributed by atoms with Gasteiger partial charge >= 0.3 is 6.09 Å². The summed E-state index contributed by atoms with van der Waals surface area (Å²) < 4.78 is 5.14. The molecule has 1 rings (SSSR count). The summed E-state index contributed by atoms with van der Waals surface area (Å²) in [5.74, 6) is -0.214. The van der Waals surface area contributed by atoms with Gasteiger partial charge in [0.15, 0.2) is 5.78 Å². The second kappa shape index (κ2) is 8.05. The summed E-state index contributed by atoms with van der Waals surface area (Å²) in [6, 6.07) is 5.06. The Labute approximate surface area is 142 Å². The molecule has 126 valence electrons. The minimum absolute atomic E-state index is 0.0304. The molecule has 0 fully saturated rings. The van der Waals surface area contributed by atoms with E-state index in [1.165, 1.54) is 12.1 Å². The van der Waals surface area contributed by atoms with Gasteiger partial charge in [-0.2, -0.15) is 0 Å². The number of benzene rings is 1. The van der Waals surface area contributed by atoms with Gasteiger partial charge in [0, 0.05) is 12.1 Å². The third kappa shape index (κ3) is 6.77. The van der Waals surface area contributed by atoms with Crippen LogP contribution in [0.5, 0.6) is 0 Å². The average molecular weight is 387 g/mol. The third-order valence-electron chi connectivity index (χ3n) is 2.80. The molecular formula is C15H19BrN2O5. The quantitative estimate of drug-likeness (QED) is 0.460. The number of alkyl carbamates (subject to hydrolysis) is 1. The van der Waals surface area contributed by atoms with E-state index in [2.05, 4.69) is 21.2 Å². The number of nitro benzene ring substituents is 1. The number of nitrogens with zero attached hydrogens (tertiary/aromatic N) is 1. The number of Topliss-reactive ketones (excluding diaryl/α,β-unsaturated/α-hetero) is 1. The number of hydrogen-bond acceptors (Lipinski definition) is 5. The lowest BCUT2D eigenvalue weighted by molar-refractivity contribution is -0.384. The lowest BCUT2D eigenvalue weighted by atomic mass is 10.0. The molecule has 7 nitrogen and oxygen atoms in total. The van der Waals surface area contributed by atoms with Crippen molar-refractivity contribution in [3.05, 3.63) is 39.9 Å². The molecule has 1 aromatic rings. The largest absolute Gasteiger partial charge is 0.444 e. The van der Waals surface area contributed by atoms with Crippen molar-refractivity contribution in [2.24, 2.45) is 0 Å². The summed E-state index contributed by atoms with van der Waals surface area (Å²) in [7, 11) is 0. The topological polar surface area (TPSA) is 98.5 Å². The number of alkyl halides is 1. The number of non-ortho nitro benzene ring substituents is 1. The zero-order valence-corrected chi connectivity index (χ0v) is 14.8. The van der Waals surface area contributed by atoms with Crippen LogP contribution in [0.2, 0.25) is 0 Å². The van der Waals surface area contributed by atoms with Crippen molar-refractivity contribution >= 4 is 33.5 Å². The van der Waals surface area contributed by atoms with Gasteiger partial charge in [-0.3, -0.25) is 14.9 Å². The van der Waals surface area contributed by atoms with E-state index in [4.69, 9.17) is 4.74 Å². The molecule has 1 aromatic carbocycles. The second-order valence-corrected chi connectivity index (χ2v) is 6.49. The van der Waals surface area contributed by atoms with Crippen molar-refractivity contribution in [2.75, 3.05) is 5.33 Å². The van der Waals surface area contributed by atoms with Crippen LogP contribution in [-0.2, 0) is 16.0 Å². The maximum absolute atomic E-state index is 12.0. The van der Waals surface area contributed by atoms with Crippen molar-refractivity contribution in [3.63, 3.8) is 0 Å². The summed E-state index contributed by atoms with van der Waals surface area (Å²) in [6.07, 6.45) is -0.458. The third-order valence-corrected chi connectivity index (χ3v) is 3.35. The molecule has 0 aliphatic heterocycles. The summed E-state index contributed by atoms with van der Waals surface area (Å²) in [4.78, 5) is 33.9. The normalized spacial score (nSPS) is 12.3. The highest BCUT2D eigenvalue weighted by Crippen LogP contribution is 2.14. The molecule has 0 aliphatic carbocycles. The number of nitro groups is 1. The van der Waals surface area contributed by atoms with Crippen LogP contribution in [0.1, 0.15) is 26.3 Å². The van der Waals surface area contributed by atoms with E-state index in [9.17, 15) is 19.7 Å². The Morgan fingerprint density at radius 1 is 1.30 bits per heavy atom. The van der Waals surface area contributed by atoms with Crippen LogP contribution in [0.25, 0.3) is 0 Å². The molecule has 0 aliphatic rings. The van der Waals surface area contributed by atoms with Crippen molar-refractivity contribution in [1.29, 1.82) is 0 Å². The van der Waals surface area contributed by atoms with Crippen molar-refractivity contribution in [2.45, 2.75) is 38.8 Å². The van der Waals surface area contributed by atoms with Gasteiger partial charge < -0.3 is 10.1 Å². The first-order chi connectivity index (χ1) is 10.6. The van der Waals surface area contributed by atoms with Crippen LogP contribution in [0.3, 0.4) is 0 Å². The van der Waals surface area contributed by atoms with E-state index in [1.807, 2.05) is 0 Å².